The third kappa shape index (κ3) is 2.75. The second-order valence-electron chi connectivity index (χ2n) is 7.14. The molecule has 1 saturated carbocycles. The Morgan fingerprint density at radius 2 is 2.04 bits per heavy atom. The zero-order valence-corrected chi connectivity index (χ0v) is 13.6. The van der Waals surface area contributed by atoms with Gasteiger partial charge in [0, 0.05) is 44.5 Å². The molecule has 2 amide bonds. The Kier molecular flexibility index (Phi) is 3.62. The van der Waals surface area contributed by atoms with Gasteiger partial charge in [-0.05, 0) is 32.6 Å². The second kappa shape index (κ2) is 5.65. The average molecular weight is 316 g/mol. The van der Waals surface area contributed by atoms with E-state index in [2.05, 4.69) is 9.55 Å². The SMILES string of the molecule is Cc1nccn1[C@@H]1CCCN(C(=O)[C@@H]2CC(=O)N(C3CC3)C2)C1. The highest BCUT2D eigenvalue weighted by atomic mass is 16.2. The van der Waals surface area contributed by atoms with Crippen LogP contribution in [0.4, 0.5) is 0 Å². The van der Waals surface area contributed by atoms with E-state index in [1.807, 2.05) is 29.1 Å². The fraction of sp³-hybridized carbons (Fsp3) is 0.706. The molecule has 3 heterocycles. The Hall–Kier alpha value is -1.85. The van der Waals surface area contributed by atoms with Crippen LogP contribution in [0.5, 0.6) is 0 Å². The van der Waals surface area contributed by atoms with Crippen LogP contribution in [-0.2, 0) is 9.59 Å². The van der Waals surface area contributed by atoms with Crippen LogP contribution in [-0.4, -0.2) is 56.8 Å². The van der Waals surface area contributed by atoms with Crippen LogP contribution in [0.25, 0.3) is 0 Å². The van der Waals surface area contributed by atoms with Crippen LogP contribution in [0.15, 0.2) is 12.4 Å². The number of hydrogen-bond acceptors (Lipinski definition) is 3. The molecule has 4 rings (SSSR count). The van der Waals surface area contributed by atoms with Crippen LogP contribution in [0.3, 0.4) is 0 Å². The van der Waals surface area contributed by atoms with Gasteiger partial charge in [0.15, 0.2) is 0 Å². The van der Waals surface area contributed by atoms with Crippen molar-refractivity contribution in [3.8, 4) is 0 Å². The minimum absolute atomic E-state index is 0.134. The first-order chi connectivity index (χ1) is 11.1. The predicted octanol–water partition coefficient (Wildman–Crippen LogP) is 1.37. The molecule has 0 aromatic carbocycles. The van der Waals surface area contributed by atoms with Gasteiger partial charge in [-0.25, -0.2) is 4.98 Å². The van der Waals surface area contributed by atoms with Gasteiger partial charge in [0.1, 0.15) is 5.82 Å². The van der Waals surface area contributed by atoms with E-state index in [-0.39, 0.29) is 17.7 Å². The number of piperidine rings is 1. The first-order valence-electron chi connectivity index (χ1n) is 8.71. The van der Waals surface area contributed by atoms with Crippen molar-refractivity contribution in [2.45, 2.75) is 51.1 Å². The number of imidazole rings is 1. The number of carbonyl (C=O) groups is 2. The van der Waals surface area contributed by atoms with E-state index < -0.39 is 0 Å². The molecule has 0 unspecified atom stereocenters. The maximum absolute atomic E-state index is 12.9. The van der Waals surface area contributed by atoms with E-state index in [0.29, 0.717) is 25.0 Å². The zero-order valence-electron chi connectivity index (χ0n) is 13.6. The molecule has 6 heteroatoms. The van der Waals surface area contributed by atoms with E-state index in [1.165, 1.54) is 0 Å². The molecule has 2 atom stereocenters. The summed E-state index contributed by atoms with van der Waals surface area (Å²) in [5.74, 6) is 1.21. The fourth-order valence-electron chi connectivity index (χ4n) is 4.05. The molecule has 1 aliphatic carbocycles. The van der Waals surface area contributed by atoms with Crippen LogP contribution in [0, 0.1) is 12.8 Å². The van der Waals surface area contributed by atoms with Gasteiger partial charge in [0.05, 0.1) is 12.0 Å². The van der Waals surface area contributed by atoms with Gasteiger partial charge in [-0.1, -0.05) is 0 Å². The van der Waals surface area contributed by atoms with E-state index in [4.69, 9.17) is 0 Å². The lowest BCUT2D eigenvalue weighted by molar-refractivity contribution is -0.137. The Morgan fingerprint density at radius 3 is 2.74 bits per heavy atom. The van der Waals surface area contributed by atoms with Crippen molar-refractivity contribution < 1.29 is 9.59 Å². The highest BCUT2D eigenvalue weighted by Gasteiger charge is 2.43. The number of carbonyl (C=O) groups excluding carboxylic acids is 2. The highest BCUT2D eigenvalue weighted by Crippen LogP contribution is 2.34. The second-order valence-corrected chi connectivity index (χ2v) is 7.14. The maximum Gasteiger partial charge on any atom is 0.228 e. The van der Waals surface area contributed by atoms with Crippen LogP contribution < -0.4 is 0 Å². The summed E-state index contributed by atoms with van der Waals surface area (Å²) >= 11 is 0. The van der Waals surface area contributed by atoms with E-state index in [1.54, 1.807) is 0 Å². The lowest BCUT2D eigenvalue weighted by Crippen LogP contribution is -2.44. The number of rotatable bonds is 3. The van der Waals surface area contributed by atoms with Crippen molar-refractivity contribution in [2.24, 2.45) is 5.92 Å². The van der Waals surface area contributed by atoms with Crippen molar-refractivity contribution >= 4 is 11.8 Å². The van der Waals surface area contributed by atoms with Crippen molar-refractivity contribution in [2.75, 3.05) is 19.6 Å². The van der Waals surface area contributed by atoms with Crippen LogP contribution in [0.2, 0.25) is 0 Å². The summed E-state index contributed by atoms with van der Waals surface area (Å²) in [6.45, 7) is 4.19. The zero-order chi connectivity index (χ0) is 16.0. The molecule has 0 bridgehead atoms. The Balaban J connectivity index is 1.42. The lowest BCUT2D eigenvalue weighted by Gasteiger charge is -2.35. The Morgan fingerprint density at radius 1 is 1.22 bits per heavy atom. The molecule has 3 aliphatic rings. The number of amides is 2. The molecular formula is C17H24N4O2. The molecule has 124 valence electrons. The van der Waals surface area contributed by atoms with Gasteiger partial charge < -0.3 is 14.4 Å². The smallest absolute Gasteiger partial charge is 0.228 e. The summed E-state index contributed by atoms with van der Waals surface area (Å²) in [6.07, 6.45) is 8.54. The largest absolute Gasteiger partial charge is 0.340 e. The van der Waals surface area contributed by atoms with Gasteiger partial charge in [0.2, 0.25) is 11.8 Å². The maximum atomic E-state index is 12.9. The lowest BCUT2D eigenvalue weighted by atomic mass is 10.0. The molecule has 3 fully saturated rings. The van der Waals surface area contributed by atoms with Gasteiger partial charge in [-0.3, -0.25) is 9.59 Å². The monoisotopic (exact) mass is 316 g/mol. The molecule has 1 aromatic rings. The van der Waals surface area contributed by atoms with Crippen molar-refractivity contribution in [1.82, 2.24) is 19.4 Å². The number of aromatic nitrogens is 2. The fourth-order valence-corrected chi connectivity index (χ4v) is 4.05. The number of likely N-dealkylation sites (tertiary alicyclic amines) is 2. The molecule has 6 nitrogen and oxygen atoms in total. The third-order valence-corrected chi connectivity index (χ3v) is 5.46. The summed E-state index contributed by atoms with van der Waals surface area (Å²) in [7, 11) is 0. The minimum Gasteiger partial charge on any atom is -0.340 e. The quantitative estimate of drug-likeness (QED) is 0.846. The summed E-state index contributed by atoms with van der Waals surface area (Å²) in [4.78, 5) is 33.2. The summed E-state index contributed by atoms with van der Waals surface area (Å²) in [5.41, 5.74) is 0. The molecular weight excluding hydrogens is 292 g/mol. The topological polar surface area (TPSA) is 58.4 Å². The molecule has 0 radical (unpaired) electrons. The predicted molar refractivity (Wildman–Crippen MR) is 84.7 cm³/mol. The molecule has 2 saturated heterocycles. The standard InChI is InChI=1S/C17H24N4O2/c1-12-18-6-8-20(12)15-3-2-7-19(11-15)17(23)13-9-16(22)21(10-13)14-4-5-14/h6,8,13-15H,2-5,7,9-11H2,1H3/t13-,15-/m1/s1. The van der Waals surface area contributed by atoms with Crippen molar-refractivity contribution in [1.29, 1.82) is 0 Å². The summed E-state index contributed by atoms with van der Waals surface area (Å²) in [5, 5.41) is 0. The molecule has 0 spiro atoms. The number of aryl methyl sites for hydroxylation is 1. The van der Waals surface area contributed by atoms with E-state index >= 15 is 0 Å². The highest BCUT2D eigenvalue weighted by molar-refractivity contribution is 5.89. The van der Waals surface area contributed by atoms with Crippen LogP contribution >= 0.6 is 0 Å². The third-order valence-electron chi connectivity index (χ3n) is 5.46. The Labute approximate surface area is 136 Å². The van der Waals surface area contributed by atoms with Gasteiger partial charge in [-0.2, -0.15) is 0 Å². The number of nitrogens with zero attached hydrogens (tertiary/aromatic N) is 4. The first kappa shape index (κ1) is 14.7. The summed E-state index contributed by atoms with van der Waals surface area (Å²) in [6, 6.07) is 0.731. The van der Waals surface area contributed by atoms with Crippen LogP contribution in [0.1, 0.15) is 44.0 Å². The molecule has 0 N–H and O–H groups in total. The van der Waals surface area contributed by atoms with Gasteiger partial charge in [0.25, 0.3) is 0 Å². The first-order valence-corrected chi connectivity index (χ1v) is 8.71. The van der Waals surface area contributed by atoms with E-state index in [9.17, 15) is 9.59 Å². The Bertz CT molecular complexity index is 622. The van der Waals surface area contributed by atoms with Gasteiger partial charge in [-0.15, -0.1) is 0 Å². The average Bonchev–Trinajstić information content (AvgIpc) is 3.19. The van der Waals surface area contributed by atoms with Crippen molar-refractivity contribution in [3.63, 3.8) is 0 Å². The van der Waals surface area contributed by atoms with Crippen molar-refractivity contribution in [3.05, 3.63) is 18.2 Å². The minimum atomic E-state index is -0.134. The normalized spacial score (nSPS) is 28.5. The number of hydrogen-bond donors (Lipinski definition) is 0. The van der Waals surface area contributed by atoms with Gasteiger partial charge >= 0.3 is 0 Å². The molecule has 1 aromatic heterocycles. The molecule has 2 aliphatic heterocycles. The van der Waals surface area contributed by atoms with E-state index in [0.717, 1.165) is 44.6 Å². The summed E-state index contributed by atoms with van der Waals surface area (Å²) < 4.78 is 2.18. The molecule has 23 heavy (non-hydrogen) atoms.